The predicted octanol–water partition coefficient (Wildman–Crippen LogP) is 5.06. The van der Waals surface area contributed by atoms with Crippen LogP contribution in [0.4, 0.5) is 5.69 Å². The quantitative estimate of drug-likeness (QED) is 0.548. The van der Waals surface area contributed by atoms with Crippen LogP contribution >= 0.6 is 11.8 Å². The Morgan fingerprint density at radius 3 is 2.48 bits per heavy atom. The standard InChI is InChI=1S/C27H26N2O3S/c1-26(2)18-29(24(30)20-12-9-13-21(16-20)32-3)27(33-26)22-14-7-8-15-23(22)28(25(27)31)17-19-10-5-4-6-11-19/h4-16H,17-18H2,1-3H3. The second-order valence-electron chi connectivity index (χ2n) is 9.02. The minimum absolute atomic E-state index is 0.0700. The van der Waals surface area contributed by atoms with E-state index < -0.39 is 4.87 Å². The highest BCUT2D eigenvalue weighted by Gasteiger charge is 2.63. The van der Waals surface area contributed by atoms with Gasteiger partial charge in [-0.1, -0.05) is 54.6 Å². The molecule has 2 aliphatic rings. The first-order valence-corrected chi connectivity index (χ1v) is 11.8. The van der Waals surface area contributed by atoms with Gasteiger partial charge in [0.1, 0.15) is 5.75 Å². The molecule has 0 bridgehead atoms. The zero-order valence-electron chi connectivity index (χ0n) is 18.9. The number of carbonyl (C=O) groups excluding carboxylic acids is 2. The summed E-state index contributed by atoms with van der Waals surface area (Å²) in [6, 6.07) is 24.9. The number of thioether (sulfide) groups is 1. The van der Waals surface area contributed by atoms with Crippen molar-refractivity contribution in [3.8, 4) is 5.75 Å². The molecule has 0 aromatic heterocycles. The van der Waals surface area contributed by atoms with Gasteiger partial charge in [-0.15, -0.1) is 11.8 Å². The van der Waals surface area contributed by atoms with Gasteiger partial charge in [-0.2, -0.15) is 0 Å². The first kappa shape index (κ1) is 21.6. The fraction of sp³-hybridized carbons (Fsp3) is 0.259. The summed E-state index contributed by atoms with van der Waals surface area (Å²) in [5, 5.41) is 0. The predicted molar refractivity (Wildman–Crippen MR) is 131 cm³/mol. The molecule has 0 saturated carbocycles. The fourth-order valence-corrected chi connectivity index (χ4v) is 6.52. The molecule has 5 rings (SSSR count). The molecule has 2 aliphatic heterocycles. The summed E-state index contributed by atoms with van der Waals surface area (Å²) in [5.41, 5.74) is 3.29. The van der Waals surface area contributed by atoms with Crippen molar-refractivity contribution in [2.75, 3.05) is 18.6 Å². The van der Waals surface area contributed by atoms with E-state index in [4.69, 9.17) is 4.74 Å². The molecule has 2 heterocycles. The Balaban J connectivity index is 1.62. The fourth-order valence-electron chi connectivity index (χ4n) is 4.79. The van der Waals surface area contributed by atoms with Crippen LogP contribution in [-0.4, -0.2) is 35.1 Å². The van der Waals surface area contributed by atoms with Crippen molar-refractivity contribution in [1.29, 1.82) is 0 Å². The van der Waals surface area contributed by atoms with Crippen molar-refractivity contribution in [2.24, 2.45) is 0 Å². The van der Waals surface area contributed by atoms with Gasteiger partial charge < -0.3 is 14.5 Å². The van der Waals surface area contributed by atoms with Crippen molar-refractivity contribution in [1.82, 2.24) is 4.90 Å². The number of nitrogens with zero attached hydrogens (tertiary/aromatic N) is 2. The van der Waals surface area contributed by atoms with Crippen molar-refractivity contribution < 1.29 is 14.3 Å². The van der Waals surface area contributed by atoms with Crippen LogP contribution in [0, 0.1) is 0 Å². The van der Waals surface area contributed by atoms with Crippen LogP contribution in [0.1, 0.15) is 35.3 Å². The Labute approximate surface area is 198 Å². The van der Waals surface area contributed by atoms with Gasteiger partial charge in [-0.05, 0) is 43.7 Å². The Morgan fingerprint density at radius 2 is 1.73 bits per heavy atom. The molecule has 1 fully saturated rings. The first-order chi connectivity index (χ1) is 15.9. The molecular weight excluding hydrogens is 432 g/mol. The SMILES string of the molecule is COc1cccc(C(=O)N2CC(C)(C)SC23C(=O)N(Cc2ccccc2)c2ccccc23)c1. The summed E-state index contributed by atoms with van der Waals surface area (Å²) in [6.07, 6.45) is 0. The maximum Gasteiger partial charge on any atom is 0.268 e. The van der Waals surface area contributed by atoms with Crippen molar-refractivity contribution >= 4 is 29.3 Å². The van der Waals surface area contributed by atoms with Gasteiger partial charge in [0.2, 0.25) is 0 Å². The molecule has 0 N–H and O–H groups in total. The van der Waals surface area contributed by atoms with Gasteiger partial charge in [0, 0.05) is 22.4 Å². The summed E-state index contributed by atoms with van der Waals surface area (Å²) in [4.78, 5) is 30.6. The summed E-state index contributed by atoms with van der Waals surface area (Å²) >= 11 is 1.57. The largest absolute Gasteiger partial charge is 0.497 e. The lowest BCUT2D eigenvalue weighted by molar-refractivity contribution is -0.123. The zero-order valence-corrected chi connectivity index (χ0v) is 19.8. The molecule has 1 atom stereocenters. The normalized spacial score (nSPS) is 20.9. The molecule has 3 aromatic rings. The number of carbonyl (C=O) groups is 2. The van der Waals surface area contributed by atoms with E-state index in [0.717, 1.165) is 16.8 Å². The highest BCUT2D eigenvalue weighted by atomic mass is 32.2. The Kier molecular flexibility index (Phi) is 5.20. The van der Waals surface area contributed by atoms with Gasteiger partial charge in [0.25, 0.3) is 11.8 Å². The van der Waals surface area contributed by atoms with E-state index >= 15 is 0 Å². The second-order valence-corrected chi connectivity index (χ2v) is 10.9. The number of anilines is 1. The summed E-state index contributed by atoms with van der Waals surface area (Å²) < 4.78 is 5.04. The topological polar surface area (TPSA) is 49.9 Å². The maximum atomic E-state index is 14.2. The zero-order chi connectivity index (χ0) is 23.2. The molecule has 3 aromatic carbocycles. The maximum absolute atomic E-state index is 14.2. The number of methoxy groups -OCH3 is 1. The number of para-hydroxylation sites is 1. The van der Waals surface area contributed by atoms with Gasteiger partial charge in [-0.25, -0.2) is 0 Å². The molecular formula is C27H26N2O3S. The van der Waals surface area contributed by atoms with Crippen LogP contribution in [0.15, 0.2) is 78.9 Å². The van der Waals surface area contributed by atoms with Crippen molar-refractivity contribution in [2.45, 2.75) is 30.0 Å². The smallest absolute Gasteiger partial charge is 0.268 e. The van der Waals surface area contributed by atoms with E-state index in [1.165, 1.54) is 0 Å². The van der Waals surface area contributed by atoms with Crippen LogP contribution in [0.3, 0.4) is 0 Å². The van der Waals surface area contributed by atoms with Crippen LogP contribution in [0.5, 0.6) is 5.75 Å². The lowest BCUT2D eigenvalue weighted by Gasteiger charge is -2.33. The molecule has 0 aliphatic carbocycles. The number of hydrogen-bond donors (Lipinski definition) is 0. The lowest BCUT2D eigenvalue weighted by Crippen LogP contribution is -2.50. The Hall–Kier alpha value is -3.25. The molecule has 33 heavy (non-hydrogen) atoms. The summed E-state index contributed by atoms with van der Waals surface area (Å²) in [6.45, 7) is 5.11. The molecule has 6 heteroatoms. The molecule has 2 amide bonds. The van der Waals surface area contributed by atoms with Crippen LogP contribution < -0.4 is 9.64 Å². The van der Waals surface area contributed by atoms with E-state index in [9.17, 15) is 9.59 Å². The number of rotatable bonds is 4. The number of hydrogen-bond acceptors (Lipinski definition) is 4. The minimum Gasteiger partial charge on any atom is -0.497 e. The average Bonchev–Trinajstić information content (AvgIpc) is 3.25. The minimum atomic E-state index is -1.10. The van der Waals surface area contributed by atoms with Gasteiger partial charge in [-0.3, -0.25) is 9.59 Å². The van der Waals surface area contributed by atoms with Crippen LogP contribution in [0.2, 0.25) is 0 Å². The molecule has 168 valence electrons. The van der Waals surface area contributed by atoms with E-state index in [-0.39, 0.29) is 16.6 Å². The molecule has 0 radical (unpaired) electrons. The highest BCUT2D eigenvalue weighted by Crippen LogP contribution is 2.60. The van der Waals surface area contributed by atoms with E-state index in [0.29, 0.717) is 24.4 Å². The number of benzene rings is 3. The van der Waals surface area contributed by atoms with Crippen molar-refractivity contribution in [3.63, 3.8) is 0 Å². The molecule has 5 nitrogen and oxygen atoms in total. The Morgan fingerprint density at radius 1 is 1.00 bits per heavy atom. The lowest BCUT2D eigenvalue weighted by atomic mass is 10.0. The average molecular weight is 459 g/mol. The first-order valence-electron chi connectivity index (χ1n) is 11.0. The van der Waals surface area contributed by atoms with Gasteiger partial charge >= 0.3 is 0 Å². The van der Waals surface area contributed by atoms with E-state index in [2.05, 4.69) is 13.8 Å². The van der Waals surface area contributed by atoms with Gasteiger partial charge in [0.15, 0.2) is 4.87 Å². The van der Waals surface area contributed by atoms with Crippen molar-refractivity contribution in [3.05, 3.63) is 95.6 Å². The molecule has 1 spiro atoms. The third-order valence-electron chi connectivity index (χ3n) is 6.18. The second kappa shape index (κ2) is 7.96. The third kappa shape index (κ3) is 3.49. The van der Waals surface area contributed by atoms with Crippen LogP contribution in [0.25, 0.3) is 0 Å². The number of amides is 2. The van der Waals surface area contributed by atoms with Crippen LogP contribution in [-0.2, 0) is 16.2 Å². The summed E-state index contributed by atoms with van der Waals surface area (Å²) in [7, 11) is 1.58. The van der Waals surface area contributed by atoms with Gasteiger partial charge in [0.05, 0.1) is 19.3 Å². The monoisotopic (exact) mass is 458 g/mol. The number of ether oxygens (including phenoxy) is 1. The molecule has 1 saturated heterocycles. The van der Waals surface area contributed by atoms with E-state index in [1.54, 1.807) is 42.0 Å². The third-order valence-corrected chi connectivity index (χ3v) is 7.78. The van der Waals surface area contributed by atoms with E-state index in [1.807, 2.05) is 65.6 Å². The number of fused-ring (bicyclic) bond motifs is 2. The summed E-state index contributed by atoms with van der Waals surface area (Å²) in [5.74, 6) is 0.376. The Bertz CT molecular complexity index is 1230. The highest BCUT2D eigenvalue weighted by molar-refractivity contribution is 8.02. The molecule has 1 unspecified atom stereocenters.